The summed E-state index contributed by atoms with van der Waals surface area (Å²) in [5.74, 6) is 0. The SMILES string of the molecule is CCCNC(=O)N1CCOCC1.[HH]. The summed E-state index contributed by atoms with van der Waals surface area (Å²) in [5.41, 5.74) is 0. The van der Waals surface area contributed by atoms with Gasteiger partial charge in [-0.15, -0.1) is 0 Å². The van der Waals surface area contributed by atoms with E-state index < -0.39 is 0 Å². The summed E-state index contributed by atoms with van der Waals surface area (Å²) in [6, 6.07) is 0.0418. The Labute approximate surface area is 74.4 Å². The first-order valence-electron chi connectivity index (χ1n) is 4.45. The van der Waals surface area contributed by atoms with E-state index in [1.807, 2.05) is 6.92 Å². The molecular formula is C8H18N2O2. The van der Waals surface area contributed by atoms with Gasteiger partial charge in [0.05, 0.1) is 13.2 Å². The summed E-state index contributed by atoms with van der Waals surface area (Å²) in [6.07, 6.45) is 0.982. The standard InChI is InChI=1S/C8H16N2O2.H2/c1-2-3-9-8(11)10-4-6-12-7-5-10;/h2-7H2,1H3,(H,9,11);1H. The number of urea groups is 1. The maximum absolute atomic E-state index is 11.3. The Morgan fingerprint density at radius 1 is 1.58 bits per heavy atom. The van der Waals surface area contributed by atoms with Gasteiger partial charge in [0.2, 0.25) is 0 Å². The van der Waals surface area contributed by atoms with Crippen molar-refractivity contribution in [1.29, 1.82) is 0 Å². The molecule has 0 unspecified atom stereocenters. The van der Waals surface area contributed by atoms with E-state index >= 15 is 0 Å². The Hall–Kier alpha value is -0.770. The Kier molecular flexibility index (Phi) is 3.87. The third kappa shape index (κ3) is 2.70. The van der Waals surface area contributed by atoms with Crippen molar-refractivity contribution in [3.8, 4) is 0 Å². The largest absolute Gasteiger partial charge is 0.378 e. The second-order valence-corrected chi connectivity index (χ2v) is 2.83. The van der Waals surface area contributed by atoms with Crippen LogP contribution >= 0.6 is 0 Å². The lowest BCUT2D eigenvalue weighted by molar-refractivity contribution is 0.0532. The van der Waals surface area contributed by atoms with Crippen LogP contribution in [0.4, 0.5) is 4.79 Å². The van der Waals surface area contributed by atoms with Crippen molar-refractivity contribution in [1.82, 2.24) is 10.2 Å². The molecule has 72 valence electrons. The van der Waals surface area contributed by atoms with Gasteiger partial charge in [-0.1, -0.05) is 6.92 Å². The lowest BCUT2D eigenvalue weighted by atomic mass is 10.4. The van der Waals surface area contributed by atoms with E-state index in [9.17, 15) is 4.79 Å². The number of nitrogens with one attached hydrogen (secondary N) is 1. The van der Waals surface area contributed by atoms with Crippen LogP contribution in [0.15, 0.2) is 0 Å². The zero-order valence-electron chi connectivity index (χ0n) is 7.51. The second kappa shape index (κ2) is 4.98. The van der Waals surface area contributed by atoms with Crippen molar-refractivity contribution >= 4 is 6.03 Å². The highest BCUT2D eigenvalue weighted by atomic mass is 16.5. The molecule has 1 aliphatic rings. The molecule has 1 saturated heterocycles. The maximum Gasteiger partial charge on any atom is 0.317 e. The van der Waals surface area contributed by atoms with Gasteiger partial charge in [-0.3, -0.25) is 0 Å². The van der Waals surface area contributed by atoms with Crippen LogP contribution in [0.1, 0.15) is 14.8 Å². The predicted molar refractivity (Wildman–Crippen MR) is 48.2 cm³/mol. The first kappa shape index (κ1) is 9.32. The van der Waals surface area contributed by atoms with Gasteiger partial charge in [0.25, 0.3) is 0 Å². The summed E-state index contributed by atoms with van der Waals surface area (Å²) in [4.78, 5) is 13.1. The lowest BCUT2D eigenvalue weighted by Crippen LogP contribution is -2.46. The quantitative estimate of drug-likeness (QED) is 0.669. The van der Waals surface area contributed by atoms with E-state index in [4.69, 9.17) is 4.74 Å². The normalized spacial score (nSPS) is 17.6. The summed E-state index contributed by atoms with van der Waals surface area (Å²) in [5, 5.41) is 2.83. The van der Waals surface area contributed by atoms with Crippen molar-refractivity contribution in [2.45, 2.75) is 13.3 Å². The number of ether oxygens (including phenoxy) is 1. The zero-order chi connectivity index (χ0) is 8.81. The molecular weight excluding hydrogens is 156 g/mol. The van der Waals surface area contributed by atoms with E-state index in [-0.39, 0.29) is 7.46 Å². The van der Waals surface area contributed by atoms with Gasteiger partial charge in [-0.05, 0) is 6.42 Å². The molecule has 0 aromatic carbocycles. The van der Waals surface area contributed by atoms with Gasteiger partial charge in [-0.25, -0.2) is 4.79 Å². The summed E-state index contributed by atoms with van der Waals surface area (Å²) >= 11 is 0. The van der Waals surface area contributed by atoms with Crippen LogP contribution in [0.3, 0.4) is 0 Å². The van der Waals surface area contributed by atoms with Crippen molar-refractivity contribution in [3.63, 3.8) is 0 Å². The molecule has 1 aliphatic heterocycles. The first-order chi connectivity index (χ1) is 5.84. The van der Waals surface area contributed by atoms with E-state index in [0.717, 1.165) is 26.1 Å². The number of rotatable bonds is 2. The maximum atomic E-state index is 11.3. The van der Waals surface area contributed by atoms with Gasteiger partial charge in [0, 0.05) is 21.1 Å². The third-order valence-corrected chi connectivity index (χ3v) is 1.82. The molecule has 2 amide bonds. The first-order valence-corrected chi connectivity index (χ1v) is 4.45. The Balaban J connectivity index is 0.00000144. The Bertz CT molecular complexity index is 149. The molecule has 1 rings (SSSR count). The summed E-state index contributed by atoms with van der Waals surface area (Å²) in [7, 11) is 0. The number of carbonyl (C=O) groups is 1. The number of amides is 2. The molecule has 4 nitrogen and oxygen atoms in total. The number of nitrogens with zero attached hydrogens (tertiary/aromatic N) is 1. The van der Waals surface area contributed by atoms with Crippen LogP contribution in [0.25, 0.3) is 0 Å². The molecule has 12 heavy (non-hydrogen) atoms. The van der Waals surface area contributed by atoms with Crippen molar-refractivity contribution < 1.29 is 11.0 Å². The highest BCUT2D eigenvalue weighted by molar-refractivity contribution is 5.74. The lowest BCUT2D eigenvalue weighted by Gasteiger charge is -2.26. The number of hydrogen-bond donors (Lipinski definition) is 1. The molecule has 0 aliphatic carbocycles. The van der Waals surface area contributed by atoms with Crippen LogP contribution in [0.2, 0.25) is 0 Å². The molecule has 0 atom stereocenters. The van der Waals surface area contributed by atoms with E-state index in [2.05, 4.69) is 5.32 Å². The highest BCUT2D eigenvalue weighted by Gasteiger charge is 2.15. The van der Waals surface area contributed by atoms with Crippen LogP contribution in [-0.2, 0) is 4.74 Å². The van der Waals surface area contributed by atoms with Crippen LogP contribution < -0.4 is 5.32 Å². The Morgan fingerprint density at radius 2 is 2.25 bits per heavy atom. The van der Waals surface area contributed by atoms with Gasteiger partial charge in [0.15, 0.2) is 0 Å². The molecule has 4 heteroatoms. The minimum Gasteiger partial charge on any atom is -0.378 e. The molecule has 0 radical (unpaired) electrons. The minimum atomic E-state index is 0. The molecule has 0 saturated carbocycles. The van der Waals surface area contributed by atoms with Crippen molar-refractivity contribution in [2.75, 3.05) is 32.8 Å². The van der Waals surface area contributed by atoms with Crippen LogP contribution in [0, 0.1) is 0 Å². The molecule has 0 bridgehead atoms. The Morgan fingerprint density at radius 3 is 2.83 bits per heavy atom. The van der Waals surface area contributed by atoms with Crippen molar-refractivity contribution in [2.24, 2.45) is 0 Å². The van der Waals surface area contributed by atoms with Crippen molar-refractivity contribution in [3.05, 3.63) is 0 Å². The molecule has 1 fully saturated rings. The van der Waals surface area contributed by atoms with Crippen LogP contribution in [-0.4, -0.2) is 43.8 Å². The van der Waals surface area contributed by atoms with E-state index in [1.54, 1.807) is 4.90 Å². The molecule has 1 N–H and O–H groups in total. The molecule has 0 spiro atoms. The smallest absolute Gasteiger partial charge is 0.317 e. The molecule has 0 aromatic rings. The average molecular weight is 174 g/mol. The number of hydrogen-bond acceptors (Lipinski definition) is 2. The van der Waals surface area contributed by atoms with Gasteiger partial charge in [0.1, 0.15) is 0 Å². The topological polar surface area (TPSA) is 41.6 Å². The second-order valence-electron chi connectivity index (χ2n) is 2.83. The summed E-state index contributed by atoms with van der Waals surface area (Å²) in [6.45, 7) is 5.57. The minimum absolute atomic E-state index is 0. The fourth-order valence-electron chi connectivity index (χ4n) is 1.11. The fraction of sp³-hybridized carbons (Fsp3) is 0.875. The fourth-order valence-corrected chi connectivity index (χ4v) is 1.11. The van der Waals surface area contributed by atoms with Gasteiger partial charge < -0.3 is 15.0 Å². The number of morpholine rings is 1. The van der Waals surface area contributed by atoms with E-state index in [1.165, 1.54) is 0 Å². The van der Waals surface area contributed by atoms with Crippen LogP contribution in [0.5, 0.6) is 0 Å². The van der Waals surface area contributed by atoms with E-state index in [0.29, 0.717) is 13.2 Å². The third-order valence-electron chi connectivity index (χ3n) is 1.82. The average Bonchev–Trinajstić information content (AvgIpc) is 2.15. The summed E-state index contributed by atoms with van der Waals surface area (Å²) < 4.78 is 5.13. The monoisotopic (exact) mass is 174 g/mol. The number of carbonyl (C=O) groups excluding carboxylic acids is 1. The molecule has 1 heterocycles. The zero-order valence-corrected chi connectivity index (χ0v) is 7.51. The van der Waals surface area contributed by atoms with Gasteiger partial charge >= 0.3 is 6.03 Å². The highest BCUT2D eigenvalue weighted by Crippen LogP contribution is 1.96. The molecule has 0 aromatic heterocycles. The predicted octanol–water partition coefficient (Wildman–Crippen LogP) is 0.684. The van der Waals surface area contributed by atoms with Gasteiger partial charge in [-0.2, -0.15) is 0 Å².